The zero-order valence-corrected chi connectivity index (χ0v) is 59.9. The summed E-state index contributed by atoms with van der Waals surface area (Å²) in [6.45, 7) is 11.4. The fourth-order valence-corrected chi connectivity index (χ4v) is 12.5. The van der Waals surface area contributed by atoms with Crippen LogP contribution >= 0.6 is 19.4 Å². The van der Waals surface area contributed by atoms with Crippen LogP contribution in [-0.2, 0) is 74.7 Å². The van der Waals surface area contributed by atoms with Crippen LogP contribution in [0.4, 0.5) is 26.7 Å². The second-order valence-electron chi connectivity index (χ2n) is 24.4. The van der Waals surface area contributed by atoms with Crippen LogP contribution in [0.15, 0.2) is 114 Å². The van der Waals surface area contributed by atoms with E-state index in [1.165, 1.54) is 50.0 Å². The number of carbonyl (C=O) groups excluding carboxylic acids is 9. The molecule has 0 bridgehead atoms. The first-order valence-corrected chi connectivity index (χ1v) is 36.2. The number of imide groups is 1. The largest absolute Gasteiger partial charge is 0.524 e. The van der Waals surface area contributed by atoms with Gasteiger partial charge >= 0.3 is 20.0 Å². The maximum absolute atomic E-state index is 14.4. The molecule has 3 aliphatic heterocycles. The van der Waals surface area contributed by atoms with Crippen molar-refractivity contribution in [2.75, 3.05) is 153 Å². The van der Waals surface area contributed by atoms with E-state index in [0.717, 1.165) is 15.8 Å². The number of nitrogens with one attached hydrogen (secondary N) is 3. The van der Waals surface area contributed by atoms with E-state index in [2.05, 4.69) is 16.0 Å². The third-order valence-electron chi connectivity index (χ3n) is 17.1. The van der Waals surface area contributed by atoms with Crippen LogP contribution in [0.2, 0.25) is 0 Å². The fraction of sp³-hybridized carbons (Fsp3) is 0.431. The topological polar surface area (TPSA) is 360 Å². The number of amides is 9. The summed E-state index contributed by atoms with van der Waals surface area (Å²) in [6.07, 6.45) is 1.57. The van der Waals surface area contributed by atoms with Crippen molar-refractivity contribution in [1.29, 1.82) is 0 Å². The van der Waals surface area contributed by atoms with E-state index in [-0.39, 0.29) is 144 Å². The monoisotopic (exact) mass is 1480 g/mol. The molecule has 1 aromatic heterocycles. The van der Waals surface area contributed by atoms with Gasteiger partial charge in [-0.3, -0.25) is 48.2 Å². The third kappa shape index (κ3) is 21.4. The Morgan fingerprint density at radius 2 is 1.17 bits per heavy atom. The van der Waals surface area contributed by atoms with E-state index in [9.17, 15) is 57.5 Å². The van der Waals surface area contributed by atoms with Crippen LogP contribution in [0.1, 0.15) is 77.8 Å². The highest BCUT2D eigenvalue weighted by molar-refractivity contribution is 7.46. The Balaban J connectivity index is 0.652. The molecule has 0 saturated heterocycles. The molecule has 30 nitrogen and oxygen atoms in total. The molecule has 4 heterocycles. The minimum Gasteiger partial charge on any atom is -0.446 e. The Hall–Kier alpha value is -9.33. The highest BCUT2D eigenvalue weighted by atomic mass is 35.5. The van der Waals surface area contributed by atoms with E-state index in [1.54, 1.807) is 88.4 Å². The molecule has 0 saturated carbocycles. The number of furan rings is 1. The van der Waals surface area contributed by atoms with Gasteiger partial charge in [0, 0.05) is 98.2 Å². The Morgan fingerprint density at radius 1 is 0.644 bits per heavy atom. The maximum Gasteiger partial charge on any atom is 0.524 e. The number of ether oxygens (including phenoxy) is 8. The minimum atomic E-state index is -5.01. The molecule has 5 aromatic carbocycles. The summed E-state index contributed by atoms with van der Waals surface area (Å²) in [5.41, 5.74) is 3.34. The molecule has 1 unspecified atom stereocenters. The quantitative estimate of drug-likeness (QED) is 0.0109. The summed E-state index contributed by atoms with van der Waals surface area (Å²) in [6, 6.07) is 25.6. The van der Waals surface area contributed by atoms with Gasteiger partial charge in [-0.05, 0) is 77.9 Å². The van der Waals surface area contributed by atoms with Gasteiger partial charge in [-0.2, -0.15) is 0 Å². The van der Waals surface area contributed by atoms with Crippen LogP contribution in [-0.4, -0.2) is 222 Å². The van der Waals surface area contributed by atoms with Crippen molar-refractivity contribution in [3.8, 4) is 11.5 Å². The highest BCUT2D eigenvalue weighted by Gasteiger charge is 2.39. The number of benzene rings is 5. The molecule has 9 rings (SSSR count). The van der Waals surface area contributed by atoms with E-state index in [1.807, 2.05) is 18.2 Å². The number of carbonyl (C=O) groups is 9. The van der Waals surface area contributed by atoms with Crippen LogP contribution < -0.4 is 35.0 Å². The first kappa shape index (κ1) is 78.8. The third-order valence-corrected chi connectivity index (χ3v) is 17.9. The molecule has 9 amide bonds. The van der Waals surface area contributed by atoms with Gasteiger partial charge in [0.05, 0.1) is 104 Å². The molecule has 2 atom stereocenters. The summed E-state index contributed by atoms with van der Waals surface area (Å²) in [7, 11) is -5.01. The van der Waals surface area contributed by atoms with Crippen molar-refractivity contribution in [1.82, 2.24) is 25.3 Å². The van der Waals surface area contributed by atoms with Gasteiger partial charge in [0.2, 0.25) is 17.7 Å². The molecule has 0 aliphatic carbocycles. The lowest BCUT2D eigenvalue weighted by atomic mass is 9.95. The molecular formula is C72H86ClN8O22P. The average molecular weight is 1480 g/mol. The van der Waals surface area contributed by atoms with Crippen molar-refractivity contribution in [2.24, 2.45) is 5.92 Å². The number of alkyl halides is 1. The van der Waals surface area contributed by atoms with Crippen molar-refractivity contribution < 1.29 is 104 Å². The lowest BCUT2D eigenvalue weighted by molar-refractivity contribution is -0.137. The lowest BCUT2D eigenvalue weighted by Gasteiger charge is -2.26. The van der Waals surface area contributed by atoms with E-state index >= 15 is 0 Å². The summed E-state index contributed by atoms with van der Waals surface area (Å²) >= 11 is 6.45. The molecule has 32 heteroatoms. The van der Waals surface area contributed by atoms with Crippen molar-refractivity contribution in [3.63, 3.8) is 0 Å². The SMILES string of the molecule is CCN(CCN(CC)C(=O)Oc1cc2c(c3ccccc13)CCN2C(=O)c1ccc(C(=O)N2C[C@@H](CCl)c3c2cc(OP(=O)(O)O)c2ccccc32)o1)C(=O)OCc1ccc(NC(=O)CNC(=O)C(NC(=O)CCOCCOCCOCCOCCOCCOCCN2C(=O)C=CC2=O)C(C)C)cc1. The van der Waals surface area contributed by atoms with Crippen molar-refractivity contribution in [3.05, 3.63) is 137 Å². The summed E-state index contributed by atoms with van der Waals surface area (Å²) in [5, 5.41) is 10.4. The first-order valence-electron chi connectivity index (χ1n) is 34.2. The van der Waals surface area contributed by atoms with Crippen LogP contribution in [0.5, 0.6) is 11.5 Å². The second-order valence-corrected chi connectivity index (χ2v) is 25.9. The predicted octanol–water partition coefficient (Wildman–Crippen LogP) is 7.33. The van der Waals surface area contributed by atoms with Gasteiger partial charge in [-0.1, -0.05) is 74.5 Å². The molecule has 0 spiro atoms. The molecule has 0 fully saturated rings. The predicted molar refractivity (Wildman–Crippen MR) is 381 cm³/mol. The number of anilines is 3. The minimum absolute atomic E-state index is 0.00699. The molecule has 6 aromatic rings. The number of nitrogens with zero attached hydrogens (tertiary/aromatic N) is 5. The number of phosphoric ester groups is 1. The van der Waals surface area contributed by atoms with Gasteiger partial charge < -0.3 is 82.4 Å². The Labute approximate surface area is 605 Å². The van der Waals surface area contributed by atoms with E-state index < -0.39 is 55.6 Å². The second kappa shape index (κ2) is 38.4. The standard InChI is InChI=1S/C72H86ClN8O22P/c1-5-77(71(89)100-46-48-15-17-50(18-16-48)75-63(83)44-74-68(86)67(47(3)4)76-62(82)24-29-94-31-33-96-35-37-98-39-40-99-38-36-97-34-32-95-30-28-80-64(84)21-22-65(80)85)26-27-78(6-2)72(90)102-60-41-56-52(51-11-7-8-12-53(51)60)23-25-79(56)69(87)58-19-20-59(101-58)70(88)81-45-49(43-73)66-55-14-10-9-13-54(55)61(42-57(66)81)103-104(91,92)93/h7-22,41-42,47,49,67H,5-6,23-40,43-46H2,1-4H3,(H,74,86)(H,75,83)(H,76,82)(H2,91,92,93)/t49-,67?/m1/s1. The molecule has 5 N–H and O–H groups in total. The fourth-order valence-electron chi connectivity index (χ4n) is 11.8. The number of likely N-dealkylation sites (N-methyl/N-ethyl adjacent to an activating group) is 2. The molecular weight excluding hydrogens is 1400 g/mol. The summed E-state index contributed by atoms with van der Waals surface area (Å²) in [5.74, 6) is -4.13. The van der Waals surface area contributed by atoms with Gasteiger partial charge in [-0.15, -0.1) is 11.6 Å². The zero-order valence-electron chi connectivity index (χ0n) is 58.2. The number of rotatable bonds is 40. The van der Waals surface area contributed by atoms with Crippen molar-refractivity contribution >= 4 is 112 Å². The van der Waals surface area contributed by atoms with Gasteiger partial charge in [0.25, 0.3) is 23.6 Å². The highest BCUT2D eigenvalue weighted by Crippen LogP contribution is 2.50. The summed E-state index contributed by atoms with van der Waals surface area (Å²) < 4.78 is 67.7. The lowest BCUT2D eigenvalue weighted by Crippen LogP contribution is -2.51. The molecule has 3 aliphatic rings. The van der Waals surface area contributed by atoms with Crippen LogP contribution in [0.25, 0.3) is 21.5 Å². The maximum atomic E-state index is 14.4. The number of hydrogen-bond donors (Lipinski definition) is 5. The Morgan fingerprint density at radius 3 is 1.74 bits per heavy atom. The zero-order chi connectivity index (χ0) is 74.3. The number of fused-ring (bicyclic) bond motifs is 6. The van der Waals surface area contributed by atoms with Gasteiger partial charge in [0.1, 0.15) is 24.1 Å². The smallest absolute Gasteiger partial charge is 0.446 e. The molecule has 558 valence electrons. The van der Waals surface area contributed by atoms with E-state index in [4.69, 9.17) is 58.4 Å². The van der Waals surface area contributed by atoms with Gasteiger partial charge in [0.15, 0.2) is 11.5 Å². The summed E-state index contributed by atoms with van der Waals surface area (Å²) in [4.78, 5) is 144. The normalized spacial score (nSPS) is 14.3. The molecule has 0 radical (unpaired) electrons. The van der Waals surface area contributed by atoms with E-state index in [0.29, 0.717) is 104 Å². The average Bonchev–Trinajstić information content (AvgIpc) is 1.56. The van der Waals surface area contributed by atoms with Crippen molar-refractivity contribution in [2.45, 2.75) is 59.1 Å². The number of halogens is 1. The first-order chi connectivity index (χ1) is 50.2. The van der Waals surface area contributed by atoms with Gasteiger partial charge in [-0.25, -0.2) is 14.2 Å². The van der Waals surface area contributed by atoms with Crippen LogP contribution in [0, 0.1) is 5.92 Å². The number of phosphoric acid groups is 1. The Kier molecular flexibility index (Phi) is 29.1. The molecule has 104 heavy (non-hydrogen) atoms. The number of hydrogen-bond acceptors (Lipinski definition) is 20. The van der Waals surface area contributed by atoms with Crippen LogP contribution in [0.3, 0.4) is 0 Å². The Bertz CT molecular complexity index is 4090.